The van der Waals surface area contributed by atoms with E-state index >= 15 is 4.39 Å². The zero-order valence-electron chi connectivity index (χ0n) is 27.3. The Morgan fingerprint density at radius 2 is 1.88 bits per heavy atom. The van der Waals surface area contributed by atoms with Gasteiger partial charge in [0.2, 0.25) is 5.54 Å². The number of urea groups is 1. The second-order valence-corrected chi connectivity index (χ2v) is 12.3. The van der Waals surface area contributed by atoms with Crippen molar-refractivity contribution in [2.75, 3.05) is 20.7 Å². The van der Waals surface area contributed by atoms with E-state index in [0.29, 0.717) is 16.8 Å². The van der Waals surface area contributed by atoms with Crippen LogP contribution in [0.15, 0.2) is 48.7 Å². The molecule has 0 spiro atoms. The number of nitrogens with zero attached hydrogens (tertiary/aromatic N) is 2. The van der Waals surface area contributed by atoms with Gasteiger partial charge in [-0.05, 0) is 62.7 Å². The van der Waals surface area contributed by atoms with Gasteiger partial charge in [0.1, 0.15) is 17.7 Å². The number of esters is 1. The molecule has 2 aliphatic heterocycles. The van der Waals surface area contributed by atoms with Crippen LogP contribution >= 0.6 is 0 Å². The number of allylic oxidation sites excluding steroid dienone is 1. The maximum Gasteiger partial charge on any atom is 0.323 e. The van der Waals surface area contributed by atoms with E-state index in [2.05, 4.69) is 27.5 Å². The molecule has 1 fully saturated rings. The number of benzene rings is 2. The largest absolute Gasteiger partial charge is 0.494 e. The lowest BCUT2D eigenvalue weighted by Gasteiger charge is -2.26. The number of fused-ring (bicyclic) bond motifs is 1. The monoisotopic (exact) mass is 671 g/mol. The number of nitrogens with one attached hydrogen (secondary N) is 3. The number of rotatable bonds is 8. The second kappa shape index (κ2) is 13.3. The Morgan fingerprint density at radius 3 is 2.49 bits per heavy atom. The van der Waals surface area contributed by atoms with Gasteiger partial charge in [0.25, 0.3) is 11.8 Å². The highest BCUT2D eigenvalue weighted by Gasteiger charge is 2.49. The Balaban J connectivity index is 1.50. The fourth-order valence-electron chi connectivity index (χ4n) is 5.18. The molecule has 4 amide bonds. The summed E-state index contributed by atoms with van der Waals surface area (Å²) in [6.07, 6.45) is 2.75. The minimum Gasteiger partial charge on any atom is -0.494 e. The molecule has 0 bridgehead atoms. The molecular weight excluding hydrogens is 638 g/mol. The smallest absolute Gasteiger partial charge is 0.323 e. The summed E-state index contributed by atoms with van der Waals surface area (Å²) in [5.74, 6) is 1.53. The Kier molecular flexibility index (Phi) is 9.33. The van der Waals surface area contributed by atoms with E-state index < -0.39 is 52.9 Å². The Morgan fingerprint density at radius 1 is 1.14 bits per heavy atom. The van der Waals surface area contributed by atoms with Crippen LogP contribution in [0.2, 0.25) is 0 Å². The number of pyridine rings is 1. The van der Waals surface area contributed by atoms with E-state index in [9.17, 15) is 23.6 Å². The van der Waals surface area contributed by atoms with Crippen molar-refractivity contribution >= 4 is 35.6 Å². The number of aromatic nitrogens is 1. The van der Waals surface area contributed by atoms with Crippen molar-refractivity contribution in [1.29, 1.82) is 5.41 Å². The quantitative estimate of drug-likeness (QED) is 0.124. The summed E-state index contributed by atoms with van der Waals surface area (Å²) >= 11 is 0. The standard InChI is InChI=1S/C35H32F2N6O6/c1-34(2,3)32(46)49-26-11-9-24(21(15-38)16-39-4)40-29(26)22-8-6-19(14-23(22)36)12-13-35(31(45)41-33(47)42-35)18-43-17-20-7-10-25(48-5)28(37)27(20)30(43)44/h6-11,14-16,38-39H,17-18H2,1-5H3,(H2,41,42,45,47)/p+1/b21-16+,38-15?/t35-/m1/s1. The van der Waals surface area contributed by atoms with E-state index in [1.165, 1.54) is 42.3 Å². The number of methoxy groups -OCH3 is 1. The average Bonchev–Trinajstić information content (AvgIpc) is 3.52. The van der Waals surface area contributed by atoms with Gasteiger partial charge >= 0.3 is 12.0 Å². The van der Waals surface area contributed by atoms with Gasteiger partial charge in [0, 0.05) is 23.9 Å². The van der Waals surface area contributed by atoms with Crippen molar-refractivity contribution in [3.05, 3.63) is 82.7 Å². The van der Waals surface area contributed by atoms with E-state index in [1.54, 1.807) is 45.4 Å². The number of hydrogen-bond acceptors (Lipinski definition) is 8. The van der Waals surface area contributed by atoms with Crippen LogP contribution in [0.5, 0.6) is 11.5 Å². The molecule has 1 saturated heterocycles. The normalized spacial score (nSPS) is 17.2. The van der Waals surface area contributed by atoms with Crippen LogP contribution in [-0.4, -0.2) is 66.2 Å². The van der Waals surface area contributed by atoms with Gasteiger partial charge in [-0.25, -0.2) is 18.6 Å². The van der Waals surface area contributed by atoms with Crippen LogP contribution in [0.3, 0.4) is 0 Å². The minimum absolute atomic E-state index is 0.000781. The van der Waals surface area contributed by atoms with Gasteiger partial charge in [0.15, 0.2) is 17.3 Å². The first-order chi connectivity index (χ1) is 23.2. The van der Waals surface area contributed by atoms with Crippen LogP contribution in [0.25, 0.3) is 16.8 Å². The number of imide groups is 1. The Hall–Kier alpha value is -5.94. The summed E-state index contributed by atoms with van der Waals surface area (Å²) in [4.78, 5) is 57.0. The predicted molar refractivity (Wildman–Crippen MR) is 173 cm³/mol. The zero-order valence-corrected chi connectivity index (χ0v) is 27.3. The van der Waals surface area contributed by atoms with Crippen molar-refractivity contribution in [2.24, 2.45) is 5.41 Å². The van der Waals surface area contributed by atoms with Gasteiger partial charge in [-0.15, -0.1) is 0 Å². The topological polar surface area (TPSA) is 167 Å². The molecule has 0 saturated carbocycles. The molecular formula is C35H33F2N6O6+. The number of quaternary nitrogens is 1. The molecule has 0 unspecified atom stereocenters. The molecule has 0 radical (unpaired) electrons. The zero-order chi connectivity index (χ0) is 35.7. The summed E-state index contributed by atoms with van der Waals surface area (Å²) < 4.78 is 41.4. The highest BCUT2D eigenvalue weighted by atomic mass is 19.1. The molecule has 1 atom stereocenters. The number of hydrogen-bond donors (Lipinski definition) is 4. The number of nitrogens with two attached hydrogens (primary N) is 1. The van der Waals surface area contributed by atoms with Gasteiger partial charge < -0.3 is 30.4 Å². The number of carbonyl (C=O) groups is 4. The van der Waals surface area contributed by atoms with Crippen LogP contribution in [0.4, 0.5) is 13.6 Å². The molecule has 5 N–H and O–H groups in total. The van der Waals surface area contributed by atoms with Gasteiger partial charge in [-0.1, -0.05) is 17.9 Å². The summed E-state index contributed by atoms with van der Waals surface area (Å²) in [6, 6.07) is 9.02. The number of carbonyl (C=O) groups excluding carboxylic acids is 4. The summed E-state index contributed by atoms with van der Waals surface area (Å²) in [6.45, 7) is 4.54. The molecule has 14 heteroatoms. The van der Waals surface area contributed by atoms with Crippen LogP contribution in [0.1, 0.15) is 48.0 Å². The predicted octanol–water partition coefficient (Wildman–Crippen LogP) is 2.76. The first kappa shape index (κ1) is 34.4. The van der Waals surface area contributed by atoms with Crippen molar-refractivity contribution in [1.82, 2.24) is 20.5 Å². The molecule has 252 valence electrons. The van der Waals surface area contributed by atoms with Crippen molar-refractivity contribution in [3.8, 4) is 34.6 Å². The lowest BCUT2D eigenvalue weighted by molar-refractivity contribution is -0.555. The van der Waals surface area contributed by atoms with Crippen LogP contribution in [-0.2, 0) is 16.1 Å². The molecule has 2 aromatic carbocycles. The molecule has 49 heavy (non-hydrogen) atoms. The summed E-state index contributed by atoms with van der Waals surface area (Å²) in [7, 11) is 3.04. The van der Waals surface area contributed by atoms with Crippen LogP contribution in [0, 0.1) is 34.3 Å². The molecule has 3 aromatic rings. The summed E-state index contributed by atoms with van der Waals surface area (Å²) in [5.41, 5.74) is -1.78. The van der Waals surface area contributed by atoms with E-state index in [1.807, 2.05) is 0 Å². The third-order valence-electron chi connectivity index (χ3n) is 7.76. The lowest BCUT2D eigenvalue weighted by atomic mass is 9.97. The maximum absolute atomic E-state index is 15.9. The summed E-state index contributed by atoms with van der Waals surface area (Å²) in [5, 5.41) is 14.1. The van der Waals surface area contributed by atoms with Gasteiger partial charge in [-0.2, -0.15) is 0 Å². The van der Waals surface area contributed by atoms with Crippen molar-refractivity contribution < 1.29 is 42.7 Å². The Bertz CT molecular complexity index is 2010. The molecule has 3 heterocycles. The van der Waals surface area contributed by atoms with Crippen LogP contribution < -0.4 is 25.4 Å². The maximum atomic E-state index is 15.9. The first-order valence-electron chi connectivity index (χ1n) is 15.1. The fourth-order valence-corrected chi connectivity index (χ4v) is 5.18. The third kappa shape index (κ3) is 6.74. The highest BCUT2D eigenvalue weighted by molar-refractivity contribution is 6.10. The highest BCUT2D eigenvalue weighted by Crippen LogP contribution is 2.34. The first-order valence-corrected chi connectivity index (χ1v) is 15.1. The SMILES string of the molecule is C[NH2+]/C=C(\C=N)c1ccc(OC(=O)C(C)(C)C)c(-c2ccc(C#C[C@]3(CN4Cc5ccc(OC)c(F)c5C4=O)NC(=O)NC3=O)cc2F)n1. The molecule has 2 aliphatic rings. The van der Waals surface area contributed by atoms with Gasteiger partial charge in [-0.3, -0.25) is 19.7 Å². The number of amides is 4. The lowest BCUT2D eigenvalue weighted by Crippen LogP contribution is -2.72. The molecule has 0 aliphatic carbocycles. The van der Waals surface area contributed by atoms with E-state index in [4.69, 9.17) is 14.9 Å². The third-order valence-corrected chi connectivity index (χ3v) is 7.76. The van der Waals surface area contributed by atoms with E-state index in [0.717, 1.165) is 12.3 Å². The molecule has 5 rings (SSSR count). The molecule has 12 nitrogen and oxygen atoms in total. The second-order valence-electron chi connectivity index (χ2n) is 12.3. The van der Waals surface area contributed by atoms with Crippen molar-refractivity contribution in [3.63, 3.8) is 0 Å². The fraction of sp³-hybridized carbons (Fsp3) is 0.257. The average molecular weight is 672 g/mol. The molecule has 1 aromatic heterocycles. The van der Waals surface area contributed by atoms with E-state index in [-0.39, 0.29) is 40.4 Å². The van der Waals surface area contributed by atoms with Crippen molar-refractivity contribution in [2.45, 2.75) is 32.9 Å². The number of halogens is 2. The van der Waals surface area contributed by atoms with Gasteiger partial charge in [0.05, 0.1) is 42.9 Å². The minimum atomic E-state index is -1.93. The number of ether oxygens (including phenoxy) is 2. The Labute approximate surface area is 280 Å².